The number of rotatable bonds is 8. The van der Waals surface area contributed by atoms with Gasteiger partial charge in [0.05, 0.1) is 19.5 Å². The van der Waals surface area contributed by atoms with Crippen molar-refractivity contribution in [1.29, 1.82) is 0 Å². The Morgan fingerprint density at radius 1 is 0.759 bits per heavy atom. The number of nitro benzene ring substituents is 2. The van der Waals surface area contributed by atoms with Gasteiger partial charge < -0.3 is 0 Å². The normalized spacial score (nSPS) is 14.3. The second-order valence-electron chi connectivity index (χ2n) is 7.67. The molecule has 0 radical (unpaired) electrons. The van der Waals surface area contributed by atoms with Gasteiger partial charge in [-0.05, 0) is 27.7 Å². The first-order valence-electron chi connectivity index (χ1n) is 8.83. The number of alkyl halides is 2. The van der Waals surface area contributed by atoms with Crippen LogP contribution in [0.15, 0.2) is 48.5 Å². The lowest BCUT2D eigenvalue weighted by Crippen LogP contribution is -2.33. The summed E-state index contributed by atoms with van der Waals surface area (Å²) < 4.78 is -0.906. The van der Waals surface area contributed by atoms with E-state index in [9.17, 15) is 20.2 Å². The number of nitro groups is 2. The monoisotopic (exact) mass is 544 g/mol. The minimum Gasteiger partial charge on any atom is -0.258 e. The molecule has 9 heteroatoms. The van der Waals surface area contributed by atoms with Crippen LogP contribution in [-0.4, -0.2) is 19.3 Å². The molecule has 0 aliphatic rings. The van der Waals surface area contributed by atoms with Gasteiger partial charge in [-0.25, -0.2) is 0 Å². The molecule has 2 unspecified atom stereocenters. The van der Waals surface area contributed by atoms with Crippen molar-refractivity contribution in [3.05, 3.63) is 79.9 Å². The van der Waals surface area contributed by atoms with Gasteiger partial charge in [-0.1, -0.05) is 68.3 Å². The summed E-state index contributed by atoms with van der Waals surface area (Å²) in [6, 6.07) is 13.3. The van der Waals surface area contributed by atoms with Crippen LogP contribution < -0.4 is 0 Å². The van der Waals surface area contributed by atoms with Crippen LogP contribution in [0, 0.1) is 20.2 Å². The molecule has 6 nitrogen and oxygen atoms in total. The summed E-state index contributed by atoms with van der Waals surface area (Å²) in [6.07, 6.45) is 0. The molecule has 0 saturated carbocycles. The van der Waals surface area contributed by atoms with E-state index in [0.717, 1.165) is 0 Å². The van der Waals surface area contributed by atoms with Gasteiger partial charge in [-0.3, -0.25) is 20.2 Å². The van der Waals surface area contributed by atoms with Gasteiger partial charge >= 0.3 is 0 Å². The third-order valence-corrected chi connectivity index (χ3v) is 9.97. The number of nitrogens with zero attached hydrogens (tertiary/aromatic N) is 2. The molecule has 0 fully saturated rings. The van der Waals surface area contributed by atoms with E-state index < -0.39 is 9.49 Å². The summed E-state index contributed by atoms with van der Waals surface area (Å²) in [6.45, 7) is 8.03. The smallest absolute Gasteiger partial charge is 0.258 e. The van der Waals surface area contributed by atoms with Crippen LogP contribution in [-0.2, 0) is 0 Å². The van der Waals surface area contributed by atoms with Crippen molar-refractivity contribution in [2.75, 3.05) is 0 Å². The summed E-state index contributed by atoms with van der Waals surface area (Å²) in [5.74, 6) is 0. The predicted octanol–water partition coefficient (Wildman–Crippen LogP) is 7.37. The molecule has 2 atom stereocenters. The van der Waals surface area contributed by atoms with Crippen LogP contribution in [0.2, 0.25) is 0 Å². The average Bonchev–Trinajstić information content (AvgIpc) is 2.65. The summed E-state index contributed by atoms with van der Waals surface area (Å²) in [5.41, 5.74) is 1.33. The molecule has 2 rings (SSSR count). The van der Waals surface area contributed by atoms with Gasteiger partial charge in [0.1, 0.15) is 0 Å². The second kappa shape index (κ2) is 9.14. The molecule has 0 aromatic heterocycles. The molecule has 0 spiro atoms. The molecule has 0 saturated heterocycles. The third-order valence-electron chi connectivity index (χ3n) is 4.56. The van der Waals surface area contributed by atoms with E-state index in [1.165, 1.54) is 12.1 Å². The van der Waals surface area contributed by atoms with Gasteiger partial charge in [0.15, 0.2) is 0 Å². The average molecular weight is 546 g/mol. The van der Waals surface area contributed by atoms with E-state index in [1.807, 2.05) is 27.7 Å². The Labute approximate surface area is 191 Å². The van der Waals surface area contributed by atoms with Gasteiger partial charge in [0.2, 0.25) is 0 Å². The molecule has 0 aliphatic heterocycles. The number of hydrogen-bond donors (Lipinski definition) is 0. The lowest BCUT2D eigenvalue weighted by molar-refractivity contribution is -0.385. The maximum absolute atomic E-state index is 11.4. The molecule has 2 aromatic rings. The standard InChI is InChI=1S/C20H22Br2N2O4S/c1-19(2,17(21)13-9-5-7-11-15(13)23(25)26)29-20(3,4)18(22)14-10-6-8-12-16(14)24(27)28/h5-12,17-18H,1-4H3. The number of benzene rings is 2. The molecule has 29 heavy (non-hydrogen) atoms. The lowest BCUT2D eigenvalue weighted by Gasteiger charge is -2.40. The lowest BCUT2D eigenvalue weighted by atomic mass is 9.99. The summed E-state index contributed by atoms with van der Waals surface area (Å²) in [7, 11) is 0. The van der Waals surface area contributed by atoms with E-state index in [-0.39, 0.29) is 30.9 Å². The Bertz CT molecular complexity index is 847. The van der Waals surface area contributed by atoms with Crippen molar-refractivity contribution < 1.29 is 9.85 Å². The largest absolute Gasteiger partial charge is 0.273 e. The van der Waals surface area contributed by atoms with Gasteiger partial charge in [0, 0.05) is 32.8 Å². The fourth-order valence-corrected chi connectivity index (χ4v) is 6.42. The Balaban J connectivity index is 2.35. The van der Waals surface area contributed by atoms with Crippen molar-refractivity contribution in [2.24, 2.45) is 0 Å². The van der Waals surface area contributed by atoms with Crippen LogP contribution in [0.25, 0.3) is 0 Å². The summed E-state index contributed by atoms with van der Waals surface area (Å²) in [5, 5.41) is 22.9. The highest BCUT2D eigenvalue weighted by atomic mass is 79.9. The predicted molar refractivity (Wildman–Crippen MR) is 125 cm³/mol. The molecule has 0 amide bonds. The minimum absolute atomic E-state index is 0.0648. The Morgan fingerprint density at radius 2 is 1.07 bits per heavy atom. The molecule has 156 valence electrons. The van der Waals surface area contributed by atoms with Crippen LogP contribution in [0.4, 0.5) is 11.4 Å². The number of para-hydroxylation sites is 2. The first-order chi connectivity index (χ1) is 13.4. The first-order valence-corrected chi connectivity index (χ1v) is 11.5. The highest BCUT2D eigenvalue weighted by molar-refractivity contribution is 9.09. The summed E-state index contributed by atoms with van der Waals surface area (Å²) >= 11 is 8.96. The van der Waals surface area contributed by atoms with Crippen molar-refractivity contribution in [1.82, 2.24) is 0 Å². The fourth-order valence-electron chi connectivity index (χ4n) is 3.27. The fraction of sp³-hybridized carbons (Fsp3) is 0.400. The molecule has 0 bridgehead atoms. The molecule has 0 aliphatic carbocycles. The van der Waals surface area contributed by atoms with Crippen LogP contribution in [0.3, 0.4) is 0 Å². The quantitative estimate of drug-likeness (QED) is 0.196. The number of thioether (sulfide) groups is 1. The van der Waals surface area contributed by atoms with Gasteiger partial charge in [-0.2, -0.15) is 0 Å². The zero-order valence-electron chi connectivity index (χ0n) is 16.5. The Kier molecular flexibility index (Phi) is 7.51. The molecule has 0 N–H and O–H groups in total. The van der Waals surface area contributed by atoms with Crippen LogP contribution in [0.5, 0.6) is 0 Å². The van der Waals surface area contributed by atoms with E-state index in [4.69, 9.17) is 0 Å². The maximum atomic E-state index is 11.4. The zero-order chi connectivity index (χ0) is 22.0. The maximum Gasteiger partial charge on any atom is 0.273 e. The zero-order valence-corrected chi connectivity index (χ0v) is 20.5. The van der Waals surface area contributed by atoms with E-state index in [1.54, 1.807) is 48.2 Å². The highest BCUT2D eigenvalue weighted by Crippen LogP contribution is 2.55. The van der Waals surface area contributed by atoms with Gasteiger partial charge in [0.25, 0.3) is 11.4 Å². The Hall–Kier alpha value is -1.45. The van der Waals surface area contributed by atoms with Crippen molar-refractivity contribution >= 4 is 55.0 Å². The van der Waals surface area contributed by atoms with Crippen LogP contribution >= 0.6 is 43.6 Å². The topological polar surface area (TPSA) is 86.3 Å². The molecular weight excluding hydrogens is 524 g/mol. The Morgan fingerprint density at radius 3 is 1.38 bits per heavy atom. The van der Waals surface area contributed by atoms with Crippen molar-refractivity contribution in [3.63, 3.8) is 0 Å². The number of halogens is 2. The minimum atomic E-state index is -0.453. The van der Waals surface area contributed by atoms with Crippen LogP contribution in [0.1, 0.15) is 48.5 Å². The first kappa shape index (κ1) is 23.8. The molecule has 0 heterocycles. The molecule has 2 aromatic carbocycles. The van der Waals surface area contributed by atoms with Crippen molar-refractivity contribution in [3.8, 4) is 0 Å². The van der Waals surface area contributed by atoms with E-state index >= 15 is 0 Å². The highest BCUT2D eigenvalue weighted by Gasteiger charge is 2.42. The SMILES string of the molecule is CC(C)(SC(C)(C)C(Br)c1ccccc1[N+](=O)[O-])C(Br)c1ccccc1[N+](=O)[O-]. The summed E-state index contributed by atoms with van der Waals surface area (Å²) in [4.78, 5) is 21.5. The molecular formula is C20H22Br2N2O4S. The number of hydrogen-bond acceptors (Lipinski definition) is 5. The van der Waals surface area contributed by atoms with Crippen molar-refractivity contribution in [2.45, 2.75) is 46.8 Å². The third kappa shape index (κ3) is 5.38. The van der Waals surface area contributed by atoms with E-state index in [2.05, 4.69) is 31.9 Å². The van der Waals surface area contributed by atoms with E-state index in [0.29, 0.717) is 11.1 Å². The van der Waals surface area contributed by atoms with Gasteiger partial charge in [-0.15, -0.1) is 11.8 Å². The second-order valence-corrected chi connectivity index (χ2v) is 11.8.